The zero-order valence-corrected chi connectivity index (χ0v) is 11.2. The van der Waals surface area contributed by atoms with Crippen LogP contribution in [0.1, 0.15) is 25.3 Å². The Balaban J connectivity index is 2.10. The fourth-order valence-electron chi connectivity index (χ4n) is 2.14. The quantitative estimate of drug-likeness (QED) is 0.375. The summed E-state index contributed by atoms with van der Waals surface area (Å²) in [7, 11) is 1.78. The van der Waals surface area contributed by atoms with Crippen LogP contribution in [0.25, 0.3) is 0 Å². The number of carbonyl (C=O) groups excluding carboxylic acids is 1. The summed E-state index contributed by atoms with van der Waals surface area (Å²) in [5.41, 5.74) is 6.94. The molecule has 0 aliphatic heterocycles. The van der Waals surface area contributed by atoms with Crippen LogP contribution >= 0.6 is 0 Å². The van der Waals surface area contributed by atoms with Gasteiger partial charge in [-0.05, 0) is 43.0 Å². The summed E-state index contributed by atoms with van der Waals surface area (Å²) in [6.07, 6.45) is 2.31. The van der Waals surface area contributed by atoms with Crippen LogP contribution < -0.4 is 10.6 Å². The summed E-state index contributed by atoms with van der Waals surface area (Å²) in [5, 5.41) is 11.5. The van der Waals surface area contributed by atoms with Crippen LogP contribution in [-0.4, -0.2) is 24.0 Å². The molecular formula is C14H19N3O2. The topological polar surface area (TPSA) is 78.9 Å². The number of hydrogen-bond acceptors (Lipinski definition) is 3. The predicted molar refractivity (Wildman–Crippen MR) is 74.3 cm³/mol. The van der Waals surface area contributed by atoms with E-state index < -0.39 is 0 Å². The summed E-state index contributed by atoms with van der Waals surface area (Å²) in [6.45, 7) is 1.99. The Labute approximate surface area is 112 Å². The second-order valence-corrected chi connectivity index (χ2v) is 5.06. The van der Waals surface area contributed by atoms with Gasteiger partial charge in [0, 0.05) is 24.2 Å². The van der Waals surface area contributed by atoms with Crippen LogP contribution in [0.5, 0.6) is 0 Å². The molecule has 1 fully saturated rings. The summed E-state index contributed by atoms with van der Waals surface area (Å²) >= 11 is 0. The number of nitrogens with zero attached hydrogens (tertiary/aromatic N) is 2. The molecule has 1 atom stereocenters. The van der Waals surface area contributed by atoms with Gasteiger partial charge in [-0.2, -0.15) is 0 Å². The van der Waals surface area contributed by atoms with E-state index in [1.807, 2.05) is 6.92 Å². The third kappa shape index (κ3) is 2.86. The highest BCUT2D eigenvalue weighted by atomic mass is 16.4. The summed E-state index contributed by atoms with van der Waals surface area (Å²) in [4.78, 5) is 13.9. The third-order valence-corrected chi connectivity index (χ3v) is 3.71. The first-order valence-electron chi connectivity index (χ1n) is 6.40. The van der Waals surface area contributed by atoms with Gasteiger partial charge >= 0.3 is 0 Å². The number of anilines is 1. The van der Waals surface area contributed by atoms with Crippen molar-refractivity contribution in [2.24, 2.45) is 22.7 Å². The van der Waals surface area contributed by atoms with Gasteiger partial charge in [-0.15, -0.1) is 0 Å². The van der Waals surface area contributed by atoms with Crippen molar-refractivity contribution in [3.63, 3.8) is 0 Å². The van der Waals surface area contributed by atoms with Crippen molar-refractivity contribution in [1.82, 2.24) is 0 Å². The van der Waals surface area contributed by atoms with E-state index in [9.17, 15) is 4.79 Å². The van der Waals surface area contributed by atoms with E-state index in [-0.39, 0.29) is 17.7 Å². The molecule has 1 unspecified atom stereocenters. The molecule has 1 aliphatic carbocycles. The Morgan fingerprint density at radius 1 is 1.42 bits per heavy atom. The zero-order valence-electron chi connectivity index (χ0n) is 11.2. The SMILES string of the molecule is CC(C(=O)N(C)c1ccc(/C(N)=N/O)cc1)C1CC1. The lowest BCUT2D eigenvalue weighted by atomic mass is 10.0. The number of oxime groups is 1. The van der Waals surface area contributed by atoms with Crippen LogP contribution in [0, 0.1) is 11.8 Å². The molecule has 1 saturated carbocycles. The summed E-state index contributed by atoms with van der Waals surface area (Å²) < 4.78 is 0. The molecule has 5 heteroatoms. The van der Waals surface area contributed by atoms with E-state index in [1.54, 1.807) is 36.2 Å². The first-order chi connectivity index (χ1) is 9.04. The standard InChI is InChI=1S/C14H19N3O2/c1-9(10-3-4-10)14(18)17(2)12-7-5-11(6-8-12)13(15)16-19/h5-10,19H,3-4H2,1-2H3,(H2,15,16). The number of rotatable bonds is 4. The molecule has 0 spiro atoms. The van der Waals surface area contributed by atoms with Crippen molar-refractivity contribution in [1.29, 1.82) is 0 Å². The van der Waals surface area contributed by atoms with Gasteiger partial charge in [0.15, 0.2) is 5.84 Å². The maximum absolute atomic E-state index is 12.2. The maximum atomic E-state index is 12.2. The first kappa shape index (κ1) is 13.4. The molecule has 0 saturated heterocycles. The molecule has 0 heterocycles. The smallest absolute Gasteiger partial charge is 0.229 e. The highest BCUT2D eigenvalue weighted by Gasteiger charge is 2.34. The summed E-state index contributed by atoms with van der Waals surface area (Å²) in [6, 6.07) is 7.06. The van der Waals surface area contributed by atoms with Crippen LogP contribution in [0.4, 0.5) is 5.69 Å². The highest BCUT2D eigenvalue weighted by molar-refractivity contribution is 5.98. The lowest BCUT2D eigenvalue weighted by Crippen LogP contribution is -2.32. The Bertz CT molecular complexity index is 492. The van der Waals surface area contributed by atoms with Gasteiger partial charge in [0.2, 0.25) is 5.91 Å². The molecule has 3 N–H and O–H groups in total. The Morgan fingerprint density at radius 2 is 2.00 bits per heavy atom. The fraction of sp³-hybridized carbons (Fsp3) is 0.429. The van der Waals surface area contributed by atoms with Crippen molar-refractivity contribution < 1.29 is 10.0 Å². The van der Waals surface area contributed by atoms with Gasteiger partial charge in [-0.1, -0.05) is 12.1 Å². The minimum Gasteiger partial charge on any atom is -0.409 e. The molecule has 19 heavy (non-hydrogen) atoms. The molecule has 102 valence electrons. The van der Waals surface area contributed by atoms with Crippen molar-refractivity contribution in [3.8, 4) is 0 Å². The van der Waals surface area contributed by atoms with Gasteiger partial charge in [-0.3, -0.25) is 4.79 Å². The molecular weight excluding hydrogens is 242 g/mol. The first-order valence-corrected chi connectivity index (χ1v) is 6.40. The molecule has 2 rings (SSSR count). The van der Waals surface area contributed by atoms with Gasteiger partial charge in [-0.25, -0.2) is 0 Å². The van der Waals surface area contributed by atoms with Gasteiger partial charge < -0.3 is 15.8 Å². The van der Waals surface area contributed by atoms with Crippen molar-refractivity contribution >= 4 is 17.4 Å². The maximum Gasteiger partial charge on any atom is 0.229 e. The molecule has 5 nitrogen and oxygen atoms in total. The predicted octanol–water partition coefficient (Wildman–Crippen LogP) is 1.79. The Morgan fingerprint density at radius 3 is 2.47 bits per heavy atom. The average molecular weight is 261 g/mol. The lowest BCUT2D eigenvalue weighted by molar-refractivity contribution is -0.122. The molecule has 0 bridgehead atoms. The van der Waals surface area contributed by atoms with E-state index >= 15 is 0 Å². The fourth-order valence-corrected chi connectivity index (χ4v) is 2.14. The monoisotopic (exact) mass is 261 g/mol. The second kappa shape index (κ2) is 5.30. The highest BCUT2D eigenvalue weighted by Crippen LogP contribution is 2.37. The van der Waals surface area contributed by atoms with Crippen LogP contribution in [0.2, 0.25) is 0 Å². The van der Waals surface area contributed by atoms with Crippen molar-refractivity contribution in [3.05, 3.63) is 29.8 Å². The minimum atomic E-state index is 0.0619. The van der Waals surface area contributed by atoms with Crippen LogP contribution in [0.15, 0.2) is 29.4 Å². The summed E-state index contributed by atoms with van der Waals surface area (Å²) in [5.74, 6) is 0.825. The number of nitrogens with two attached hydrogens (primary N) is 1. The third-order valence-electron chi connectivity index (χ3n) is 3.71. The molecule has 1 aromatic rings. The van der Waals surface area contributed by atoms with E-state index in [0.29, 0.717) is 11.5 Å². The Kier molecular flexibility index (Phi) is 3.74. The number of benzene rings is 1. The number of amidine groups is 1. The molecule has 1 amide bonds. The van der Waals surface area contributed by atoms with Gasteiger partial charge in [0.25, 0.3) is 0 Å². The normalized spacial score (nSPS) is 17.1. The largest absolute Gasteiger partial charge is 0.409 e. The molecule has 0 radical (unpaired) electrons. The molecule has 0 aromatic heterocycles. The van der Waals surface area contributed by atoms with Crippen LogP contribution in [-0.2, 0) is 4.79 Å². The number of hydrogen-bond donors (Lipinski definition) is 2. The van der Waals surface area contributed by atoms with E-state index in [4.69, 9.17) is 10.9 Å². The Hall–Kier alpha value is -2.04. The molecule has 1 aliphatic rings. The van der Waals surface area contributed by atoms with Crippen LogP contribution in [0.3, 0.4) is 0 Å². The van der Waals surface area contributed by atoms with Crippen molar-refractivity contribution in [2.75, 3.05) is 11.9 Å². The van der Waals surface area contributed by atoms with E-state index in [2.05, 4.69) is 5.16 Å². The lowest BCUT2D eigenvalue weighted by Gasteiger charge is -2.21. The van der Waals surface area contributed by atoms with Gasteiger partial charge in [0.05, 0.1) is 0 Å². The van der Waals surface area contributed by atoms with E-state index in [0.717, 1.165) is 18.5 Å². The average Bonchev–Trinajstić information content (AvgIpc) is 3.28. The molecule has 1 aromatic carbocycles. The minimum absolute atomic E-state index is 0.0619. The number of amides is 1. The van der Waals surface area contributed by atoms with Gasteiger partial charge in [0.1, 0.15) is 0 Å². The van der Waals surface area contributed by atoms with E-state index in [1.165, 1.54) is 0 Å². The number of carbonyl (C=O) groups is 1. The second-order valence-electron chi connectivity index (χ2n) is 5.06. The zero-order chi connectivity index (χ0) is 14.0. The van der Waals surface area contributed by atoms with Crippen molar-refractivity contribution in [2.45, 2.75) is 19.8 Å².